The summed E-state index contributed by atoms with van der Waals surface area (Å²) in [6.45, 7) is 7.83. The molecule has 5 rings (SSSR count). The van der Waals surface area contributed by atoms with Gasteiger partial charge in [0.25, 0.3) is 0 Å². The van der Waals surface area contributed by atoms with Crippen molar-refractivity contribution in [3.8, 4) is 21.1 Å². The topological polar surface area (TPSA) is 69.2 Å². The minimum absolute atomic E-state index is 0.332. The monoisotopic (exact) mass is 484 g/mol. The molecule has 4 aromatic rings. The van der Waals surface area contributed by atoms with Gasteiger partial charge in [0.2, 0.25) is 0 Å². The summed E-state index contributed by atoms with van der Waals surface area (Å²) in [5.41, 5.74) is 3.89. The van der Waals surface area contributed by atoms with E-state index in [0.717, 1.165) is 52.0 Å². The van der Waals surface area contributed by atoms with Gasteiger partial charge in [-0.2, -0.15) is 0 Å². The SMILES string of the molecule is Cc1nc(-c2cc(C3=C(c4cc(-c5csc(C)n5)sc4C)C(=O)OC3=O)c(C)s2)cs1. The molecule has 5 heterocycles. The number of thiophene rings is 2. The molecular weight excluding hydrogens is 469 g/mol. The lowest BCUT2D eigenvalue weighted by atomic mass is 9.96. The van der Waals surface area contributed by atoms with E-state index in [1.165, 1.54) is 0 Å². The molecule has 0 fully saturated rings. The number of thiazole rings is 2. The van der Waals surface area contributed by atoms with Gasteiger partial charge in [-0.3, -0.25) is 0 Å². The summed E-state index contributed by atoms with van der Waals surface area (Å²) in [6.07, 6.45) is 0. The molecule has 31 heavy (non-hydrogen) atoms. The van der Waals surface area contributed by atoms with Gasteiger partial charge in [-0.15, -0.1) is 45.3 Å². The van der Waals surface area contributed by atoms with E-state index in [1.807, 2.05) is 50.6 Å². The van der Waals surface area contributed by atoms with Gasteiger partial charge in [0.15, 0.2) is 0 Å². The van der Waals surface area contributed by atoms with E-state index in [0.29, 0.717) is 11.1 Å². The highest BCUT2D eigenvalue weighted by Crippen LogP contribution is 2.44. The fourth-order valence-electron chi connectivity index (χ4n) is 3.55. The largest absolute Gasteiger partial charge is 0.386 e. The lowest BCUT2D eigenvalue weighted by Crippen LogP contribution is -2.02. The molecule has 1 aliphatic rings. The van der Waals surface area contributed by atoms with Gasteiger partial charge in [0, 0.05) is 31.6 Å². The van der Waals surface area contributed by atoms with E-state index in [-0.39, 0.29) is 0 Å². The zero-order chi connectivity index (χ0) is 21.9. The Bertz CT molecular complexity index is 1300. The maximum absolute atomic E-state index is 12.7. The molecule has 0 unspecified atom stereocenters. The standard InChI is InChI=1S/C22H16N2O3S4/c1-9-13(5-17(30-9)15-7-28-11(3)23-15)19-20(22(26)27-21(19)25)14-6-18(31-10(14)2)16-8-29-12(4)24-16/h5-8H,1-4H3. The Hall–Kier alpha value is -2.46. The van der Waals surface area contributed by atoms with Crippen LogP contribution in [0.3, 0.4) is 0 Å². The van der Waals surface area contributed by atoms with Crippen LogP contribution in [0.25, 0.3) is 32.3 Å². The molecule has 0 amide bonds. The van der Waals surface area contributed by atoms with E-state index in [1.54, 1.807) is 45.3 Å². The molecule has 0 radical (unpaired) electrons. The molecule has 9 heteroatoms. The molecule has 0 atom stereocenters. The number of aromatic nitrogens is 2. The van der Waals surface area contributed by atoms with Gasteiger partial charge in [-0.25, -0.2) is 19.6 Å². The van der Waals surface area contributed by atoms with Crippen molar-refractivity contribution in [1.29, 1.82) is 0 Å². The second-order valence-electron chi connectivity index (χ2n) is 7.09. The van der Waals surface area contributed by atoms with Crippen LogP contribution in [0.1, 0.15) is 30.9 Å². The van der Waals surface area contributed by atoms with Crippen LogP contribution in [0.4, 0.5) is 0 Å². The summed E-state index contributed by atoms with van der Waals surface area (Å²) >= 11 is 6.29. The van der Waals surface area contributed by atoms with Crippen LogP contribution in [-0.2, 0) is 14.3 Å². The predicted molar refractivity (Wildman–Crippen MR) is 128 cm³/mol. The number of carbonyl (C=O) groups is 2. The molecule has 1 aliphatic heterocycles. The highest BCUT2D eigenvalue weighted by molar-refractivity contribution is 7.17. The fraction of sp³-hybridized carbons (Fsp3) is 0.182. The minimum atomic E-state index is -0.599. The summed E-state index contributed by atoms with van der Waals surface area (Å²) in [5.74, 6) is -1.20. The maximum Gasteiger partial charge on any atom is 0.347 e. The van der Waals surface area contributed by atoms with Gasteiger partial charge in [0.1, 0.15) is 0 Å². The lowest BCUT2D eigenvalue weighted by molar-refractivity contribution is -0.149. The molecule has 5 nitrogen and oxygen atoms in total. The number of rotatable bonds is 4. The first kappa shape index (κ1) is 20.4. The summed E-state index contributed by atoms with van der Waals surface area (Å²) < 4.78 is 5.07. The van der Waals surface area contributed by atoms with E-state index in [9.17, 15) is 9.59 Å². The fourth-order valence-corrected chi connectivity index (χ4v) is 6.89. The molecular formula is C22H16N2O3S4. The Labute approximate surface area is 194 Å². The molecule has 0 saturated carbocycles. The smallest absolute Gasteiger partial charge is 0.347 e. The predicted octanol–water partition coefficient (Wildman–Crippen LogP) is 6.28. The Morgan fingerprint density at radius 1 is 0.710 bits per heavy atom. The van der Waals surface area contributed by atoms with Gasteiger partial charge < -0.3 is 4.74 Å². The molecule has 0 saturated heterocycles. The highest BCUT2D eigenvalue weighted by Gasteiger charge is 2.37. The number of carbonyl (C=O) groups excluding carboxylic acids is 2. The third-order valence-corrected chi connectivity index (χ3v) is 8.65. The highest BCUT2D eigenvalue weighted by atomic mass is 32.1. The number of hydrogen-bond donors (Lipinski definition) is 0. The molecule has 4 aromatic heterocycles. The number of nitrogens with zero attached hydrogens (tertiary/aromatic N) is 2. The maximum atomic E-state index is 12.7. The summed E-state index contributed by atoms with van der Waals surface area (Å²) in [4.78, 5) is 38.4. The molecule has 0 N–H and O–H groups in total. The van der Waals surface area contributed by atoms with Crippen molar-refractivity contribution in [3.63, 3.8) is 0 Å². The van der Waals surface area contributed by atoms with E-state index in [4.69, 9.17) is 4.74 Å². The van der Waals surface area contributed by atoms with Crippen LogP contribution >= 0.6 is 45.3 Å². The first-order valence-corrected chi connectivity index (χ1v) is 12.8. The number of cyclic esters (lactones) is 2. The zero-order valence-corrected chi connectivity index (χ0v) is 20.3. The van der Waals surface area contributed by atoms with Gasteiger partial charge in [0.05, 0.1) is 42.3 Å². The Morgan fingerprint density at radius 2 is 1.13 bits per heavy atom. The Kier molecular flexibility index (Phi) is 5.01. The van der Waals surface area contributed by atoms with Crippen molar-refractivity contribution in [2.75, 3.05) is 0 Å². The van der Waals surface area contributed by atoms with E-state index < -0.39 is 11.9 Å². The van der Waals surface area contributed by atoms with Crippen LogP contribution in [0, 0.1) is 27.7 Å². The average molecular weight is 485 g/mol. The second kappa shape index (κ2) is 7.59. The average Bonchev–Trinajstić information content (AvgIpc) is 3.50. The molecule has 156 valence electrons. The number of aryl methyl sites for hydroxylation is 4. The van der Waals surface area contributed by atoms with Crippen molar-refractivity contribution in [3.05, 3.63) is 53.8 Å². The summed E-state index contributed by atoms with van der Waals surface area (Å²) in [7, 11) is 0. The molecule has 0 spiro atoms. The number of hydrogen-bond acceptors (Lipinski definition) is 9. The van der Waals surface area contributed by atoms with Crippen LogP contribution in [0.2, 0.25) is 0 Å². The molecule has 0 aliphatic carbocycles. The first-order chi connectivity index (χ1) is 14.8. The van der Waals surface area contributed by atoms with Crippen molar-refractivity contribution in [2.24, 2.45) is 0 Å². The van der Waals surface area contributed by atoms with Gasteiger partial charge in [-0.1, -0.05) is 0 Å². The van der Waals surface area contributed by atoms with E-state index in [2.05, 4.69) is 9.97 Å². The third kappa shape index (κ3) is 3.51. The first-order valence-electron chi connectivity index (χ1n) is 9.39. The second-order valence-corrected chi connectivity index (χ2v) is 11.7. The van der Waals surface area contributed by atoms with Crippen molar-refractivity contribution < 1.29 is 14.3 Å². The van der Waals surface area contributed by atoms with Crippen molar-refractivity contribution in [2.45, 2.75) is 27.7 Å². The normalized spacial score (nSPS) is 14.1. The summed E-state index contributed by atoms with van der Waals surface area (Å²) in [6, 6.07) is 3.88. The minimum Gasteiger partial charge on any atom is -0.386 e. The number of ether oxygens (including phenoxy) is 1. The summed E-state index contributed by atoms with van der Waals surface area (Å²) in [5, 5.41) is 5.97. The lowest BCUT2D eigenvalue weighted by Gasteiger charge is -2.01. The van der Waals surface area contributed by atoms with Crippen LogP contribution < -0.4 is 0 Å². The van der Waals surface area contributed by atoms with Gasteiger partial charge >= 0.3 is 11.9 Å². The van der Waals surface area contributed by atoms with Crippen LogP contribution in [-0.4, -0.2) is 21.9 Å². The van der Waals surface area contributed by atoms with Crippen molar-refractivity contribution in [1.82, 2.24) is 9.97 Å². The van der Waals surface area contributed by atoms with Crippen LogP contribution in [0.15, 0.2) is 22.9 Å². The van der Waals surface area contributed by atoms with E-state index >= 15 is 0 Å². The zero-order valence-electron chi connectivity index (χ0n) is 17.1. The molecule has 0 bridgehead atoms. The molecule has 0 aromatic carbocycles. The Balaban J connectivity index is 1.66. The van der Waals surface area contributed by atoms with Crippen LogP contribution in [0.5, 0.6) is 0 Å². The third-order valence-electron chi connectivity index (χ3n) is 4.96. The Morgan fingerprint density at radius 3 is 1.48 bits per heavy atom. The number of esters is 2. The quantitative estimate of drug-likeness (QED) is 0.252. The van der Waals surface area contributed by atoms with Crippen molar-refractivity contribution >= 4 is 68.4 Å². The van der Waals surface area contributed by atoms with Gasteiger partial charge in [-0.05, 0) is 39.8 Å².